The highest BCUT2D eigenvalue weighted by Crippen LogP contribution is 2.41. The molecule has 4 aromatic heterocycles. The summed E-state index contributed by atoms with van der Waals surface area (Å²) in [6.07, 6.45) is 5.94. The van der Waals surface area contributed by atoms with E-state index in [9.17, 15) is 20.1 Å². The Balaban J connectivity index is 0.641. The number of likely N-dealkylation sites (tertiary alicyclic amines) is 1. The molecule has 5 fully saturated rings. The zero-order valence-electron chi connectivity index (χ0n) is 42.4. The van der Waals surface area contributed by atoms with Gasteiger partial charge in [-0.25, -0.2) is 9.97 Å². The molecule has 74 heavy (non-hydrogen) atoms. The number of phenolic OH excluding ortho intramolecular Hbond substituents is 1. The Morgan fingerprint density at radius 2 is 1.64 bits per heavy atom. The van der Waals surface area contributed by atoms with Crippen molar-refractivity contribution in [1.82, 2.24) is 35.5 Å². The first-order valence-corrected chi connectivity index (χ1v) is 27.1. The summed E-state index contributed by atoms with van der Waals surface area (Å²) in [7, 11) is 0. The Hall–Kier alpha value is -6.38. The number of phenols is 1. The maximum atomic E-state index is 13.8. The van der Waals surface area contributed by atoms with E-state index in [1.807, 2.05) is 87.9 Å². The number of para-hydroxylation sites is 1. The average molecular weight is 1030 g/mol. The van der Waals surface area contributed by atoms with Crippen molar-refractivity contribution in [3.8, 4) is 33.3 Å². The van der Waals surface area contributed by atoms with E-state index in [2.05, 4.69) is 57.5 Å². The fourth-order valence-corrected chi connectivity index (χ4v) is 12.7. The topological polar surface area (TPSA) is 225 Å². The molecule has 0 spiro atoms. The van der Waals surface area contributed by atoms with Crippen LogP contribution in [0.15, 0.2) is 89.0 Å². The van der Waals surface area contributed by atoms with Gasteiger partial charge in [-0.05, 0) is 87.3 Å². The molecule has 19 heteroatoms. The summed E-state index contributed by atoms with van der Waals surface area (Å²) in [5.74, 6) is 1.65. The van der Waals surface area contributed by atoms with E-state index < -0.39 is 24.3 Å². The average Bonchev–Trinajstić information content (AvgIpc) is 4.20. The molecule has 1 amide bonds. The van der Waals surface area contributed by atoms with E-state index >= 15 is 0 Å². The lowest BCUT2D eigenvalue weighted by molar-refractivity contribution is -0.131. The number of hydrogen-bond acceptors (Lipinski definition) is 18. The first-order valence-electron chi connectivity index (χ1n) is 26.2. The highest BCUT2D eigenvalue weighted by atomic mass is 32.1. The number of β-amino-alcohol motifs (C(OH)–C–C–N with tert-alkyl or cyclic N) is 1. The van der Waals surface area contributed by atoms with Crippen molar-refractivity contribution < 1.29 is 34.1 Å². The molecule has 18 nitrogen and oxygen atoms in total. The van der Waals surface area contributed by atoms with Crippen LogP contribution in [0.25, 0.3) is 21.7 Å². The number of nitrogen functional groups attached to an aromatic ring is 1. The van der Waals surface area contributed by atoms with E-state index in [1.165, 1.54) is 0 Å². The molecule has 1 saturated carbocycles. The van der Waals surface area contributed by atoms with Crippen molar-refractivity contribution in [3.05, 3.63) is 102 Å². The van der Waals surface area contributed by atoms with E-state index in [0.717, 1.165) is 97.8 Å². The van der Waals surface area contributed by atoms with Crippen LogP contribution >= 0.6 is 11.3 Å². The highest BCUT2D eigenvalue weighted by molar-refractivity contribution is 7.13. The standard InChI is InChI=1S/C55H67N11O7S/c1-31(2)51(55(70)65-29-39(67)22-46(65)54(69)59-32(3)34-9-11-35(12-10-34)52-33(4)58-30-74-52)48-26-49(62-73-48)63-19-16-40(17-20-63)71-41-23-42(24-41)72-50-21-36(15-18-57-50)66-37-13-14-38(66)28-64(27-37)45-25-44(60-61-53(45)56)43-7-5-6-8-47(43)68/h5-12,15,18,21,25-26,30-32,37-42,46,51,55,67-68,70H,13-14,16-17,19-20,22-24,27-29H2,1-4H3,(H2,56,61)(H,59,69)/t32-,37?,38?,39+,41-,42-,46-,51+,55?/m0/s1. The lowest BCUT2D eigenvalue weighted by Crippen LogP contribution is -2.54. The predicted octanol–water partition coefficient (Wildman–Crippen LogP) is 7.07. The van der Waals surface area contributed by atoms with E-state index in [1.54, 1.807) is 28.4 Å². The number of fused-ring (bicyclic) bond motifs is 2. The molecule has 4 saturated heterocycles. The summed E-state index contributed by atoms with van der Waals surface area (Å²) in [5, 5.41) is 49.4. The van der Waals surface area contributed by atoms with Gasteiger partial charge < -0.3 is 55.1 Å². The minimum Gasteiger partial charge on any atom is -0.507 e. The molecule has 6 aromatic rings. The second-order valence-corrected chi connectivity index (χ2v) is 22.1. The lowest BCUT2D eigenvalue weighted by Gasteiger charge is -2.43. The number of aliphatic hydroxyl groups is 2. The van der Waals surface area contributed by atoms with Crippen molar-refractivity contribution >= 4 is 40.3 Å². The number of hydrogen-bond donors (Lipinski definition) is 5. The number of amides is 1. The molecule has 3 unspecified atom stereocenters. The van der Waals surface area contributed by atoms with E-state index in [0.29, 0.717) is 34.5 Å². The number of piperazine rings is 1. The van der Waals surface area contributed by atoms with Crippen molar-refractivity contribution in [1.29, 1.82) is 0 Å². The summed E-state index contributed by atoms with van der Waals surface area (Å²) < 4.78 is 19.0. The largest absolute Gasteiger partial charge is 0.507 e. The zero-order chi connectivity index (χ0) is 51.2. The SMILES string of the molecule is Cc1ncsc1-c1ccc([C@H](C)NC(=O)[C@@H]2C[C@@H](O)CN2C(O)[C@@H](c2cc(N3CCC(O[C@H]4C[C@H](Oc5cc(N6C7CCC6CN(c6cc(-c8ccccc8O)nnc6N)C7)ccn5)C4)CC3)no2)C(C)C)cc1. The van der Waals surface area contributed by atoms with Gasteiger partial charge in [0.1, 0.15) is 23.8 Å². The number of nitrogens with two attached hydrogens (primary N) is 1. The number of aromatic nitrogens is 5. The fraction of sp³-hybridized carbons (Fsp3) is 0.491. The fourth-order valence-electron chi connectivity index (χ4n) is 11.9. The highest BCUT2D eigenvalue weighted by Gasteiger charge is 2.45. The molecule has 2 aromatic carbocycles. The minimum atomic E-state index is -1.09. The van der Waals surface area contributed by atoms with Gasteiger partial charge in [0.25, 0.3) is 0 Å². The van der Waals surface area contributed by atoms with Crippen molar-refractivity contribution in [3.63, 3.8) is 0 Å². The quantitative estimate of drug-likeness (QED) is 0.0654. The van der Waals surface area contributed by atoms with Crippen LogP contribution in [0.4, 0.5) is 23.0 Å². The van der Waals surface area contributed by atoms with Crippen LogP contribution < -0.4 is 30.5 Å². The number of benzene rings is 2. The number of carbonyl (C=O) groups is 1. The molecule has 6 N–H and O–H groups in total. The van der Waals surface area contributed by atoms with E-state index in [4.69, 9.17) is 19.7 Å². The Morgan fingerprint density at radius 1 is 0.878 bits per heavy atom. The Kier molecular flexibility index (Phi) is 14.2. The summed E-state index contributed by atoms with van der Waals surface area (Å²) >= 11 is 1.60. The van der Waals surface area contributed by atoms with Crippen molar-refractivity contribution in [2.45, 2.75) is 133 Å². The third-order valence-corrected chi connectivity index (χ3v) is 16.9. The third-order valence-electron chi connectivity index (χ3n) is 15.9. The van der Waals surface area contributed by atoms with Crippen LogP contribution in [0.2, 0.25) is 0 Å². The molecule has 4 aliphatic heterocycles. The molecular formula is C55H67N11O7S. The zero-order valence-corrected chi connectivity index (χ0v) is 43.2. The number of ether oxygens (including phenoxy) is 2. The predicted molar refractivity (Wildman–Crippen MR) is 283 cm³/mol. The lowest BCUT2D eigenvalue weighted by atomic mass is 9.90. The number of aryl methyl sites for hydroxylation is 1. The summed E-state index contributed by atoms with van der Waals surface area (Å²) in [5.41, 5.74) is 14.4. The van der Waals surface area contributed by atoms with Gasteiger partial charge in [-0.15, -0.1) is 21.5 Å². The third kappa shape index (κ3) is 10.2. The molecule has 390 valence electrons. The van der Waals surface area contributed by atoms with Crippen molar-refractivity contribution in [2.24, 2.45) is 5.92 Å². The van der Waals surface area contributed by atoms with Gasteiger partial charge in [-0.2, -0.15) is 0 Å². The van der Waals surface area contributed by atoms with Gasteiger partial charge in [-0.1, -0.05) is 55.4 Å². The number of carbonyl (C=O) groups excluding carboxylic acids is 1. The molecule has 0 radical (unpaired) electrons. The van der Waals surface area contributed by atoms with Gasteiger partial charge in [0.15, 0.2) is 11.6 Å². The van der Waals surface area contributed by atoms with Gasteiger partial charge in [0.05, 0.1) is 63.8 Å². The number of aromatic hydroxyl groups is 1. The number of piperidine rings is 1. The van der Waals surface area contributed by atoms with E-state index in [-0.39, 0.29) is 67.0 Å². The van der Waals surface area contributed by atoms with Crippen LogP contribution in [-0.4, -0.2) is 133 Å². The molecule has 11 rings (SSSR count). The number of pyridine rings is 1. The number of aliphatic hydroxyl groups excluding tert-OH is 2. The van der Waals surface area contributed by atoms with Gasteiger partial charge in [-0.3, -0.25) is 9.69 Å². The first kappa shape index (κ1) is 49.8. The second-order valence-electron chi connectivity index (χ2n) is 21.2. The minimum absolute atomic E-state index is 0.0364. The summed E-state index contributed by atoms with van der Waals surface area (Å²) in [4.78, 5) is 32.7. The molecule has 5 aliphatic rings. The Bertz CT molecular complexity index is 2890. The number of thiazole rings is 1. The smallest absolute Gasteiger partial charge is 0.238 e. The number of anilines is 4. The van der Waals surface area contributed by atoms with Crippen molar-refractivity contribution in [2.75, 3.05) is 53.2 Å². The summed E-state index contributed by atoms with van der Waals surface area (Å²) in [6.45, 7) is 11.2. The molecule has 7 atom stereocenters. The molecular weight excluding hydrogens is 959 g/mol. The van der Waals surface area contributed by atoms with Crippen LogP contribution in [0, 0.1) is 12.8 Å². The van der Waals surface area contributed by atoms with Gasteiger partial charge >= 0.3 is 0 Å². The second kappa shape index (κ2) is 21.1. The Labute approximate surface area is 435 Å². The van der Waals surface area contributed by atoms with Crippen LogP contribution in [0.3, 0.4) is 0 Å². The Morgan fingerprint density at radius 3 is 2.35 bits per heavy atom. The molecule has 2 bridgehead atoms. The van der Waals surface area contributed by atoms with Crippen LogP contribution in [0.5, 0.6) is 11.6 Å². The van der Waals surface area contributed by atoms with Crippen LogP contribution in [-0.2, 0) is 9.53 Å². The summed E-state index contributed by atoms with van der Waals surface area (Å²) in [6, 6.07) is 22.8. The first-order chi connectivity index (χ1) is 35.8. The van der Waals surface area contributed by atoms with Gasteiger partial charge in [0.2, 0.25) is 11.8 Å². The number of nitrogens with zero attached hydrogens (tertiary/aromatic N) is 9. The number of nitrogens with one attached hydrogen (secondary N) is 1. The number of rotatable bonds is 16. The normalized spacial score (nSPS) is 24.5. The maximum absolute atomic E-state index is 13.8. The maximum Gasteiger partial charge on any atom is 0.238 e. The van der Waals surface area contributed by atoms with Crippen LogP contribution in [0.1, 0.15) is 94.7 Å². The monoisotopic (exact) mass is 1030 g/mol. The van der Waals surface area contributed by atoms with Gasteiger partial charge in [0, 0.05) is 87.2 Å². The molecule has 1 aliphatic carbocycles. The molecule has 8 heterocycles.